The van der Waals surface area contributed by atoms with Crippen molar-refractivity contribution in [1.29, 1.82) is 0 Å². The van der Waals surface area contributed by atoms with Crippen LogP contribution in [0.3, 0.4) is 0 Å². The predicted octanol–water partition coefficient (Wildman–Crippen LogP) is 3.51. The van der Waals surface area contributed by atoms with E-state index in [9.17, 15) is 8.78 Å². The minimum absolute atomic E-state index is 0.211. The summed E-state index contributed by atoms with van der Waals surface area (Å²) in [5.74, 6) is -0.950. The first kappa shape index (κ1) is 10.3. The van der Waals surface area contributed by atoms with E-state index in [4.69, 9.17) is 4.42 Å². The van der Waals surface area contributed by atoms with E-state index >= 15 is 0 Å². The van der Waals surface area contributed by atoms with E-state index < -0.39 is 11.6 Å². The highest BCUT2D eigenvalue weighted by atomic mass is 79.9. The van der Waals surface area contributed by atoms with Crippen molar-refractivity contribution in [1.82, 2.24) is 4.98 Å². The zero-order chi connectivity index (χ0) is 10.8. The number of nitrogens with zero attached hydrogens (tertiary/aromatic N) is 1. The van der Waals surface area contributed by atoms with Gasteiger partial charge in [0.1, 0.15) is 11.6 Å². The van der Waals surface area contributed by atoms with Gasteiger partial charge in [0, 0.05) is 11.4 Å². The highest BCUT2D eigenvalue weighted by Crippen LogP contribution is 2.27. The van der Waals surface area contributed by atoms with Gasteiger partial charge in [-0.15, -0.1) is 0 Å². The molecule has 78 valence electrons. The van der Waals surface area contributed by atoms with Crippen LogP contribution in [0.15, 0.2) is 29.0 Å². The quantitative estimate of drug-likeness (QED) is 0.783. The minimum atomic E-state index is -0.658. The fourth-order valence-corrected chi connectivity index (χ4v) is 1.66. The summed E-state index contributed by atoms with van der Waals surface area (Å²) in [6.07, 6.45) is 1.23. The molecule has 0 spiro atoms. The summed E-state index contributed by atoms with van der Waals surface area (Å²) < 4.78 is 31.1. The van der Waals surface area contributed by atoms with Crippen LogP contribution in [-0.2, 0) is 5.33 Å². The molecular weight excluding hydrogens is 268 g/mol. The second-order valence-electron chi connectivity index (χ2n) is 2.89. The van der Waals surface area contributed by atoms with Gasteiger partial charge in [0.25, 0.3) is 0 Å². The number of halogens is 3. The molecule has 5 heteroatoms. The fraction of sp³-hybridized carbons (Fsp3) is 0.100. The van der Waals surface area contributed by atoms with Gasteiger partial charge in [-0.3, -0.25) is 0 Å². The van der Waals surface area contributed by atoms with Crippen LogP contribution < -0.4 is 0 Å². The third-order valence-electron chi connectivity index (χ3n) is 1.94. The Morgan fingerprint density at radius 3 is 2.80 bits per heavy atom. The summed E-state index contributed by atoms with van der Waals surface area (Å²) in [7, 11) is 0. The molecule has 0 N–H and O–H groups in total. The van der Waals surface area contributed by atoms with Crippen LogP contribution in [0.2, 0.25) is 0 Å². The Bertz CT molecular complexity index is 484. The molecule has 0 fully saturated rings. The van der Waals surface area contributed by atoms with Gasteiger partial charge in [0.2, 0.25) is 0 Å². The van der Waals surface area contributed by atoms with Gasteiger partial charge in [-0.05, 0) is 12.1 Å². The molecule has 2 aromatic rings. The maximum atomic E-state index is 13.4. The van der Waals surface area contributed by atoms with E-state index in [1.165, 1.54) is 18.5 Å². The Morgan fingerprint density at radius 2 is 2.13 bits per heavy atom. The lowest BCUT2D eigenvalue weighted by molar-refractivity contribution is 0.554. The van der Waals surface area contributed by atoms with Crippen LogP contribution in [0.4, 0.5) is 8.78 Å². The largest absolute Gasteiger partial charge is 0.443 e. The van der Waals surface area contributed by atoms with Crippen LogP contribution in [-0.4, -0.2) is 4.98 Å². The van der Waals surface area contributed by atoms with Crippen molar-refractivity contribution < 1.29 is 13.2 Å². The van der Waals surface area contributed by atoms with Crippen LogP contribution in [0.5, 0.6) is 0 Å². The SMILES string of the molecule is Fc1ccc(-c2ocnc2CBr)c(F)c1. The van der Waals surface area contributed by atoms with Gasteiger partial charge in [0.15, 0.2) is 12.2 Å². The van der Waals surface area contributed by atoms with Crippen molar-refractivity contribution in [2.75, 3.05) is 0 Å². The highest BCUT2D eigenvalue weighted by Gasteiger charge is 2.14. The smallest absolute Gasteiger partial charge is 0.181 e. The van der Waals surface area contributed by atoms with Crippen LogP contribution in [0.1, 0.15) is 5.69 Å². The molecule has 0 saturated carbocycles. The topological polar surface area (TPSA) is 26.0 Å². The Hall–Kier alpha value is -1.23. The number of rotatable bonds is 2. The molecule has 2 nitrogen and oxygen atoms in total. The van der Waals surface area contributed by atoms with Gasteiger partial charge < -0.3 is 4.42 Å². The molecule has 0 aliphatic carbocycles. The van der Waals surface area contributed by atoms with Crippen LogP contribution in [0.25, 0.3) is 11.3 Å². The zero-order valence-electron chi connectivity index (χ0n) is 7.51. The van der Waals surface area contributed by atoms with E-state index in [-0.39, 0.29) is 5.56 Å². The summed E-state index contributed by atoms with van der Waals surface area (Å²) in [5, 5.41) is 0.454. The van der Waals surface area contributed by atoms with E-state index in [1.807, 2.05) is 0 Å². The lowest BCUT2D eigenvalue weighted by Crippen LogP contribution is -1.88. The molecular formula is C10H6BrF2NO. The van der Waals surface area contributed by atoms with E-state index in [1.54, 1.807) is 0 Å². The van der Waals surface area contributed by atoms with Crippen molar-refractivity contribution >= 4 is 15.9 Å². The molecule has 1 aromatic heterocycles. The zero-order valence-corrected chi connectivity index (χ0v) is 9.09. The third kappa shape index (κ3) is 1.92. The Balaban J connectivity index is 2.54. The van der Waals surface area contributed by atoms with E-state index in [0.717, 1.165) is 6.07 Å². The molecule has 15 heavy (non-hydrogen) atoms. The number of aromatic nitrogens is 1. The van der Waals surface area contributed by atoms with Crippen molar-refractivity contribution in [2.45, 2.75) is 5.33 Å². The van der Waals surface area contributed by atoms with Crippen molar-refractivity contribution in [2.24, 2.45) is 0 Å². The molecule has 0 amide bonds. The first-order valence-corrected chi connectivity index (χ1v) is 5.28. The van der Waals surface area contributed by atoms with Crippen molar-refractivity contribution in [3.05, 3.63) is 41.9 Å². The van der Waals surface area contributed by atoms with Gasteiger partial charge in [-0.2, -0.15) is 0 Å². The average molecular weight is 274 g/mol. The summed E-state index contributed by atoms with van der Waals surface area (Å²) in [6, 6.07) is 3.33. The normalized spacial score (nSPS) is 10.6. The predicted molar refractivity (Wildman–Crippen MR) is 54.5 cm³/mol. The van der Waals surface area contributed by atoms with Crippen molar-refractivity contribution in [3.8, 4) is 11.3 Å². The molecule has 0 radical (unpaired) electrons. The number of alkyl halides is 1. The molecule has 1 aromatic carbocycles. The molecule has 2 rings (SSSR count). The van der Waals surface area contributed by atoms with Gasteiger partial charge in [-0.1, -0.05) is 15.9 Å². The number of benzene rings is 1. The van der Waals surface area contributed by atoms with Crippen molar-refractivity contribution in [3.63, 3.8) is 0 Å². The molecule has 0 aliphatic heterocycles. The molecule has 0 unspecified atom stereocenters. The third-order valence-corrected chi connectivity index (χ3v) is 2.47. The molecule has 0 bridgehead atoms. The van der Waals surface area contributed by atoms with E-state index in [2.05, 4.69) is 20.9 Å². The maximum absolute atomic E-state index is 13.4. The first-order valence-electron chi connectivity index (χ1n) is 4.16. The van der Waals surface area contributed by atoms with Crippen LogP contribution >= 0.6 is 15.9 Å². The number of oxazole rings is 1. The lowest BCUT2D eigenvalue weighted by Gasteiger charge is -2.00. The standard InChI is InChI=1S/C10H6BrF2NO/c11-4-9-10(15-5-14-9)7-2-1-6(12)3-8(7)13/h1-3,5H,4H2. The monoisotopic (exact) mass is 273 g/mol. The molecule has 1 heterocycles. The number of hydrogen-bond donors (Lipinski definition) is 0. The molecule has 0 aliphatic rings. The summed E-state index contributed by atoms with van der Waals surface area (Å²) in [5.41, 5.74) is 0.795. The van der Waals surface area contributed by atoms with Crippen LogP contribution in [0, 0.1) is 11.6 Å². The van der Waals surface area contributed by atoms with E-state index in [0.29, 0.717) is 16.8 Å². The lowest BCUT2D eigenvalue weighted by atomic mass is 10.1. The Kier molecular flexibility index (Phi) is 2.81. The Labute approximate surface area is 93.1 Å². The second-order valence-corrected chi connectivity index (χ2v) is 3.45. The number of hydrogen-bond acceptors (Lipinski definition) is 2. The first-order chi connectivity index (χ1) is 7.22. The van der Waals surface area contributed by atoms with Gasteiger partial charge in [-0.25, -0.2) is 13.8 Å². The minimum Gasteiger partial charge on any atom is -0.443 e. The molecule has 0 atom stereocenters. The summed E-state index contributed by atoms with van der Waals surface area (Å²) >= 11 is 3.20. The van der Waals surface area contributed by atoms with Gasteiger partial charge >= 0.3 is 0 Å². The maximum Gasteiger partial charge on any atom is 0.181 e. The molecule has 0 saturated heterocycles. The summed E-state index contributed by atoms with van der Waals surface area (Å²) in [6.45, 7) is 0. The summed E-state index contributed by atoms with van der Waals surface area (Å²) in [4.78, 5) is 3.90. The van der Waals surface area contributed by atoms with Gasteiger partial charge in [0.05, 0.1) is 11.3 Å². The second kappa shape index (κ2) is 4.10. The highest BCUT2D eigenvalue weighted by molar-refractivity contribution is 9.08. The average Bonchev–Trinajstić information content (AvgIpc) is 2.65. The fourth-order valence-electron chi connectivity index (χ4n) is 1.26. The Morgan fingerprint density at radius 1 is 1.33 bits per heavy atom.